The summed E-state index contributed by atoms with van der Waals surface area (Å²) >= 11 is 0. The number of nitrogens with one attached hydrogen (secondary N) is 3. The van der Waals surface area contributed by atoms with E-state index in [-0.39, 0.29) is 13.0 Å². The number of amides is 3. The molecule has 3 rings (SSSR count). The Morgan fingerprint density at radius 3 is 2.15 bits per heavy atom. The second-order valence-corrected chi connectivity index (χ2v) is 7.18. The monoisotopic (exact) mass is 446 g/mol. The van der Waals surface area contributed by atoms with Crippen LogP contribution in [0.3, 0.4) is 0 Å². The molecule has 2 aromatic carbocycles. The van der Waals surface area contributed by atoms with Crippen LogP contribution in [0.1, 0.15) is 24.1 Å². The molecule has 8 nitrogen and oxygen atoms in total. The number of nitrogens with zero attached hydrogens (tertiary/aromatic N) is 1. The van der Waals surface area contributed by atoms with Gasteiger partial charge in [-0.25, -0.2) is 9.59 Å². The molecule has 33 heavy (non-hydrogen) atoms. The number of ether oxygens (including phenoxy) is 1. The fraction of sp³-hybridized carbons (Fsp3) is 0.200. The highest BCUT2D eigenvalue weighted by Crippen LogP contribution is 2.15. The van der Waals surface area contributed by atoms with Gasteiger partial charge in [0.05, 0.1) is 6.61 Å². The van der Waals surface area contributed by atoms with Gasteiger partial charge in [0.2, 0.25) is 5.91 Å². The summed E-state index contributed by atoms with van der Waals surface area (Å²) in [5.74, 6) is -0.979. The van der Waals surface area contributed by atoms with Crippen molar-refractivity contribution in [1.29, 1.82) is 0 Å². The van der Waals surface area contributed by atoms with Crippen molar-refractivity contribution in [2.75, 3.05) is 11.9 Å². The Bertz CT molecular complexity index is 1050. The summed E-state index contributed by atoms with van der Waals surface area (Å²) in [7, 11) is 0. The maximum atomic E-state index is 13.0. The van der Waals surface area contributed by atoms with E-state index in [1.807, 2.05) is 36.4 Å². The summed E-state index contributed by atoms with van der Waals surface area (Å²) in [5, 5.41) is 8.12. The topological polar surface area (TPSA) is 109 Å². The number of aromatic nitrogens is 1. The van der Waals surface area contributed by atoms with E-state index >= 15 is 0 Å². The summed E-state index contributed by atoms with van der Waals surface area (Å²) in [6.45, 7) is 1.87. The zero-order chi connectivity index (χ0) is 23.5. The average molecular weight is 447 g/mol. The lowest BCUT2D eigenvalue weighted by Crippen LogP contribution is -2.50. The fourth-order valence-electron chi connectivity index (χ4n) is 3.20. The first kappa shape index (κ1) is 23.5. The van der Waals surface area contributed by atoms with Crippen LogP contribution >= 0.6 is 0 Å². The van der Waals surface area contributed by atoms with Crippen molar-refractivity contribution in [3.8, 4) is 0 Å². The molecule has 3 N–H and O–H groups in total. The van der Waals surface area contributed by atoms with Gasteiger partial charge in [0.25, 0.3) is 0 Å². The molecule has 1 aromatic heterocycles. The molecule has 1 heterocycles. The van der Waals surface area contributed by atoms with E-state index < -0.39 is 30.0 Å². The number of hydrogen-bond donors (Lipinski definition) is 3. The Kier molecular flexibility index (Phi) is 8.53. The third kappa shape index (κ3) is 7.17. The highest BCUT2D eigenvalue weighted by atomic mass is 16.5. The van der Waals surface area contributed by atoms with E-state index in [9.17, 15) is 14.4 Å². The van der Waals surface area contributed by atoms with Crippen molar-refractivity contribution in [1.82, 2.24) is 15.6 Å². The van der Waals surface area contributed by atoms with Crippen molar-refractivity contribution in [3.05, 3.63) is 96.3 Å². The molecule has 0 unspecified atom stereocenters. The number of rotatable bonds is 9. The molecule has 0 aliphatic carbocycles. The van der Waals surface area contributed by atoms with E-state index in [4.69, 9.17) is 4.74 Å². The van der Waals surface area contributed by atoms with Crippen LogP contribution in [0.15, 0.2) is 85.2 Å². The smallest absolute Gasteiger partial charge is 0.333 e. The van der Waals surface area contributed by atoms with E-state index in [0.717, 1.165) is 5.56 Å². The van der Waals surface area contributed by atoms with Gasteiger partial charge in [-0.1, -0.05) is 60.7 Å². The second kappa shape index (κ2) is 12.0. The number of esters is 1. The van der Waals surface area contributed by atoms with Gasteiger partial charge in [-0.2, -0.15) is 0 Å². The Morgan fingerprint density at radius 1 is 0.879 bits per heavy atom. The highest BCUT2D eigenvalue weighted by Gasteiger charge is 2.27. The Morgan fingerprint density at radius 2 is 1.52 bits per heavy atom. The van der Waals surface area contributed by atoms with Crippen LogP contribution < -0.4 is 16.0 Å². The van der Waals surface area contributed by atoms with E-state index in [2.05, 4.69) is 20.9 Å². The minimum Gasteiger partial charge on any atom is -0.464 e. The zero-order valence-electron chi connectivity index (χ0n) is 18.2. The van der Waals surface area contributed by atoms with Gasteiger partial charge in [0.15, 0.2) is 6.04 Å². The fourth-order valence-corrected chi connectivity index (χ4v) is 3.20. The van der Waals surface area contributed by atoms with Crippen LogP contribution in [0.25, 0.3) is 0 Å². The quantitative estimate of drug-likeness (QED) is 0.437. The second-order valence-electron chi connectivity index (χ2n) is 7.18. The summed E-state index contributed by atoms with van der Waals surface area (Å²) in [6.07, 6.45) is 3.39. The summed E-state index contributed by atoms with van der Waals surface area (Å²) in [5.41, 5.74) is 2.01. The Balaban J connectivity index is 1.76. The zero-order valence-corrected chi connectivity index (χ0v) is 18.2. The van der Waals surface area contributed by atoms with Crippen LogP contribution in [0, 0.1) is 0 Å². The molecule has 170 valence electrons. The minimum absolute atomic E-state index is 0.177. The molecular formula is C25H26N4O4. The van der Waals surface area contributed by atoms with Crippen molar-refractivity contribution < 1.29 is 19.1 Å². The first-order valence-electron chi connectivity index (χ1n) is 10.6. The summed E-state index contributed by atoms with van der Waals surface area (Å²) in [6, 6.07) is 18.9. The van der Waals surface area contributed by atoms with Crippen molar-refractivity contribution in [2.24, 2.45) is 0 Å². The Hall–Kier alpha value is -4.20. The SMILES string of the molecule is CCOC(=O)[C@@H](NC(=O)N[C@@H](Cc1ccccc1)C(=O)Nc1ccncc1)c1ccccc1. The maximum absolute atomic E-state index is 13.0. The summed E-state index contributed by atoms with van der Waals surface area (Å²) in [4.78, 5) is 42.3. The van der Waals surface area contributed by atoms with Crippen LogP contribution in [-0.4, -0.2) is 35.5 Å². The lowest BCUT2D eigenvalue weighted by molar-refractivity contribution is -0.145. The van der Waals surface area contributed by atoms with Crippen LogP contribution in [-0.2, 0) is 20.7 Å². The lowest BCUT2D eigenvalue weighted by Gasteiger charge is -2.22. The number of carbonyl (C=O) groups excluding carboxylic acids is 3. The molecule has 0 fully saturated rings. The van der Waals surface area contributed by atoms with Gasteiger partial charge in [-0.05, 0) is 30.2 Å². The average Bonchev–Trinajstić information content (AvgIpc) is 2.84. The molecule has 3 aromatic rings. The van der Waals surface area contributed by atoms with Gasteiger partial charge in [0, 0.05) is 24.5 Å². The highest BCUT2D eigenvalue weighted by molar-refractivity contribution is 5.97. The van der Waals surface area contributed by atoms with Crippen molar-refractivity contribution in [3.63, 3.8) is 0 Å². The Labute approximate surface area is 192 Å². The molecule has 0 spiro atoms. The summed E-state index contributed by atoms with van der Waals surface area (Å²) < 4.78 is 5.12. The maximum Gasteiger partial charge on any atom is 0.333 e. The lowest BCUT2D eigenvalue weighted by atomic mass is 10.0. The van der Waals surface area contributed by atoms with Gasteiger partial charge in [-0.15, -0.1) is 0 Å². The molecule has 3 amide bonds. The predicted octanol–water partition coefficient (Wildman–Crippen LogP) is 3.24. The molecule has 0 radical (unpaired) electrons. The number of anilines is 1. The minimum atomic E-state index is -1.01. The molecule has 8 heteroatoms. The van der Waals surface area contributed by atoms with Crippen LogP contribution in [0.5, 0.6) is 0 Å². The van der Waals surface area contributed by atoms with Gasteiger partial charge < -0.3 is 20.7 Å². The number of carbonyl (C=O) groups is 3. The normalized spacial score (nSPS) is 12.2. The largest absolute Gasteiger partial charge is 0.464 e. The molecule has 0 bridgehead atoms. The van der Waals surface area contributed by atoms with Crippen molar-refractivity contribution >= 4 is 23.6 Å². The predicted molar refractivity (Wildman–Crippen MR) is 124 cm³/mol. The molecule has 2 atom stereocenters. The van der Waals surface area contributed by atoms with Crippen molar-refractivity contribution in [2.45, 2.75) is 25.4 Å². The molecule has 0 aliphatic heterocycles. The number of benzene rings is 2. The van der Waals surface area contributed by atoms with E-state index in [1.165, 1.54) is 0 Å². The number of hydrogen-bond acceptors (Lipinski definition) is 5. The van der Waals surface area contributed by atoms with Gasteiger partial charge >= 0.3 is 12.0 Å². The van der Waals surface area contributed by atoms with Gasteiger partial charge in [0.1, 0.15) is 6.04 Å². The standard InChI is InChI=1S/C25H26N4O4/c1-2-33-24(31)22(19-11-7-4-8-12-19)29-25(32)28-21(17-18-9-5-3-6-10-18)23(30)27-20-13-15-26-16-14-20/h3-16,21-22H,2,17H2,1H3,(H,26,27,30)(H2,28,29,32)/t21-,22-/m0/s1. The third-order valence-electron chi connectivity index (χ3n) is 4.78. The molecular weight excluding hydrogens is 420 g/mol. The first-order valence-corrected chi connectivity index (χ1v) is 10.6. The van der Waals surface area contributed by atoms with Crippen LogP contribution in [0.4, 0.5) is 10.5 Å². The number of urea groups is 1. The molecule has 0 saturated carbocycles. The number of pyridine rings is 1. The van der Waals surface area contributed by atoms with E-state index in [0.29, 0.717) is 11.3 Å². The molecule has 0 aliphatic rings. The van der Waals surface area contributed by atoms with Gasteiger partial charge in [-0.3, -0.25) is 9.78 Å². The van der Waals surface area contributed by atoms with Crippen LogP contribution in [0.2, 0.25) is 0 Å². The first-order chi connectivity index (χ1) is 16.1. The third-order valence-corrected chi connectivity index (χ3v) is 4.78. The molecule has 0 saturated heterocycles. The van der Waals surface area contributed by atoms with E-state index in [1.54, 1.807) is 55.7 Å².